The predicted octanol–water partition coefficient (Wildman–Crippen LogP) is 0.135. The molecule has 1 fully saturated rings. The number of aryl methyl sites for hydroxylation is 1. The Bertz CT molecular complexity index is 1220. The van der Waals surface area contributed by atoms with Crippen molar-refractivity contribution in [2.45, 2.75) is 24.3 Å². The minimum atomic E-state index is -3.75. The topological polar surface area (TPSA) is 113 Å². The van der Waals surface area contributed by atoms with E-state index in [2.05, 4.69) is 5.27 Å². The van der Waals surface area contributed by atoms with E-state index >= 15 is 0 Å². The van der Waals surface area contributed by atoms with Crippen LogP contribution in [0.25, 0.3) is 0 Å². The van der Waals surface area contributed by atoms with E-state index in [4.69, 9.17) is 9.93 Å². The van der Waals surface area contributed by atoms with Crippen LogP contribution in [-0.2, 0) is 21.2 Å². The highest BCUT2D eigenvalue weighted by Gasteiger charge is 2.37. The number of nitrogens with one attached hydrogen (secondary N) is 1. The summed E-state index contributed by atoms with van der Waals surface area (Å²) in [5, 5.41) is 13.0. The van der Waals surface area contributed by atoms with Gasteiger partial charge in [0.1, 0.15) is 5.78 Å². The van der Waals surface area contributed by atoms with Gasteiger partial charge in [-0.2, -0.15) is 4.31 Å². The number of hydrogen-bond donors (Lipinski definition) is 1. The number of ketones is 1. The Balaban J connectivity index is 1.63. The number of piperazine rings is 1. The van der Waals surface area contributed by atoms with Crippen LogP contribution in [0.4, 0.5) is 0 Å². The molecule has 1 aliphatic heterocycles. The zero-order valence-corrected chi connectivity index (χ0v) is 17.8. The molecule has 1 unspecified atom stereocenters. The molecule has 0 spiro atoms. The molecule has 10 heteroatoms. The summed E-state index contributed by atoms with van der Waals surface area (Å²) in [4.78, 5) is 14.7. The third-order valence-electron chi connectivity index (χ3n) is 5.29. The van der Waals surface area contributed by atoms with Crippen molar-refractivity contribution in [2.75, 3.05) is 24.6 Å². The van der Waals surface area contributed by atoms with E-state index in [-0.39, 0.29) is 42.3 Å². The minimum absolute atomic E-state index is 0.0188. The molecule has 1 N–H and O–H groups in total. The number of benzene rings is 2. The third kappa shape index (κ3) is 4.44. The molecule has 0 amide bonds. The SMILES string of the molecule is Cc1ccc(S(=O)(=O)N2CCN([n+]3cc(=N)o[n-]3)C(C(=O)Cc3ccccc3)C2)cc1. The van der Waals surface area contributed by atoms with Crippen molar-refractivity contribution < 1.29 is 22.5 Å². The summed E-state index contributed by atoms with van der Waals surface area (Å²) in [6, 6.07) is 15.2. The van der Waals surface area contributed by atoms with Gasteiger partial charge >= 0.3 is 0 Å². The Morgan fingerprint density at radius 3 is 2.52 bits per heavy atom. The summed E-state index contributed by atoms with van der Waals surface area (Å²) in [7, 11) is -3.75. The van der Waals surface area contributed by atoms with Crippen molar-refractivity contribution in [3.05, 3.63) is 77.5 Å². The molecule has 2 heterocycles. The number of sulfonamides is 1. The molecule has 2 aromatic carbocycles. The lowest BCUT2D eigenvalue weighted by molar-refractivity contribution is -0.766. The molecule has 1 aliphatic rings. The Hall–Kier alpha value is -3.24. The normalized spacial score (nSPS) is 17.6. The van der Waals surface area contributed by atoms with Crippen molar-refractivity contribution in [3.8, 4) is 0 Å². The average molecular weight is 442 g/mol. The Labute approximate surface area is 180 Å². The van der Waals surface area contributed by atoms with Gasteiger partial charge in [-0.25, -0.2) is 8.42 Å². The van der Waals surface area contributed by atoms with Crippen molar-refractivity contribution in [1.29, 1.82) is 5.41 Å². The first kappa shape index (κ1) is 21.0. The summed E-state index contributed by atoms with van der Waals surface area (Å²) in [5.74, 6) is -0.142. The fourth-order valence-corrected chi connectivity index (χ4v) is 5.05. The second-order valence-corrected chi connectivity index (χ2v) is 9.41. The molecule has 162 valence electrons. The summed E-state index contributed by atoms with van der Waals surface area (Å²) in [5.41, 5.74) is 1.66. The van der Waals surface area contributed by atoms with Gasteiger partial charge in [0.25, 0.3) is 11.8 Å². The van der Waals surface area contributed by atoms with Gasteiger partial charge in [-0.1, -0.05) is 52.8 Å². The standard InChI is InChI=1S/C21H23N5O4S/c1-16-7-9-18(10-8-16)31(28,29)24-11-12-25(26-15-21(22)30-23-26)19(14-24)20(27)13-17-5-3-2-4-6-17/h2-10,15,19,22H,11-14H2,1H3. The zero-order valence-electron chi connectivity index (χ0n) is 17.0. The lowest BCUT2D eigenvalue weighted by Crippen LogP contribution is -2.73. The van der Waals surface area contributed by atoms with Crippen LogP contribution >= 0.6 is 0 Å². The molecule has 1 aromatic heterocycles. The maximum atomic E-state index is 13.2. The van der Waals surface area contributed by atoms with E-state index in [0.29, 0.717) is 0 Å². The Morgan fingerprint density at radius 2 is 1.87 bits per heavy atom. The van der Waals surface area contributed by atoms with Gasteiger partial charge in [0.05, 0.1) is 10.9 Å². The van der Waals surface area contributed by atoms with E-state index in [9.17, 15) is 13.2 Å². The number of hydrogen-bond acceptors (Lipinski definition) is 6. The first-order valence-corrected chi connectivity index (χ1v) is 11.3. The van der Waals surface area contributed by atoms with Crippen molar-refractivity contribution >= 4 is 15.8 Å². The minimum Gasteiger partial charge on any atom is -0.380 e. The second-order valence-electron chi connectivity index (χ2n) is 7.47. The molecule has 31 heavy (non-hydrogen) atoms. The van der Waals surface area contributed by atoms with E-state index in [1.807, 2.05) is 37.3 Å². The van der Waals surface area contributed by atoms with E-state index < -0.39 is 16.1 Å². The van der Waals surface area contributed by atoms with E-state index in [1.54, 1.807) is 29.3 Å². The molecule has 0 saturated carbocycles. The first-order chi connectivity index (χ1) is 14.8. The van der Waals surface area contributed by atoms with Gasteiger partial charge in [-0.15, -0.1) is 0 Å². The number of aromatic nitrogens is 2. The van der Waals surface area contributed by atoms with Gasteiger partial charge in [-0.3, -0.25) is 15.2 Å². The number of nitrogens with zero attached hydrogens (tertiary/aromatic N) is 4. The van der Waals surface area contributed by atoms with Crippen molar-refractivity contribution in [3.63, 3.8) is 0 Å². The van der Waals surface area contributed by atoms with Crippen molar-refractivity contribution in [2.24, 2.45) is 0 Å². The quantitative estimate of drug-likeness (QED) is 0.545. The summed E-state index contributed by atoms with van der Waals surface area (Å²) in [6.45, 7) is 2.28. The molecular weight excluding hydrogens is 418 g/mol. The van der Waals surface area contributed by atoms with Crippen LogP contribution in [0.2, 0.25) is 0 Å². The fourth-order valence-electron chi connectivity index (χ4n) is 3.61. The first-order valence-electron chi connectivity index (χ1n) is 9.85. The number of rotatable bonds is 6. The van der Waals surface area contributed by atoms with E-state index in [1.165, 1.54) is 15.3 Å². The molecule has 1 saturated heterocycles. The molecule has 0 bridgehead atoms. The monoisotopic (exact) mass is 441 g/mol. The van der Waals surface area contributed by atoms with Gasteiger partial charge in [-0.05, 0) is 29.9 Å². The van der Waals surface area contributed by atoms with Crippen LogP contribution in [-0.4, -0.2) is 44.2 Å². The maximum absolute atomic E-state index is 13.2. The van der Waals surface area contributed by atoms with Gasteiger partial charge < -0.3 is 4.52 Å². The van der Waals surface area contributed by atoms with Crippen LogP contribution in [0, 0.1) is 12.3 Å². The lowest BCUT2D eigenvalue weighted by atomic mass is 10.0. The lowest BCUT2D eigenvalue weighted by Gasteiger charge is -2.40. The zero-order chi connectivity index (χ0) is 22.0. The summed E-state index contributed by atoms with van der Waals surface area (Å²) < 4.78 is 32.6. The van der Waals surface area contributed by atoms with E-state index in [0.717, 1.165) is 11.1 Å². The largest absolute Gasteiger partial charge is 0.380 e. The third-order valence-corrected chi connectivity index (χ3v) is 7.16. The molecule has 0 radical (unpaired) electrons. The van der Waals surface area contributed by atoms with Gasteiger partial charge in [0.15, 0.2) is 0 Å². The van der Waals surface area contributed by atoms with Crippen LogP contribution in [0.1, 0.15) is 11.1 Å². The highest BCUT2D eigenvalue weighted by atomic mass is 32.2. The maximum Gasteiger partial charge on any atom is 0.286 e. The molecule has 1 atom stereocenters. The molecule has 4 rings (SSSR count). The van der Waals surface area contributed by atoms with Gasteiger partial charge in [0.2, 0.25) is 10.0 Å². The molecular formula is C21H23N5O4S. The predicted molar refractivity (Wildman–Crippen MR) is 110 cm³/mol. The Morgan fingerprint density at radius 1 is 1.16 bits per heavy atom. The average Bonchev–Trinajstić information content (AvgIpc) is 3.20. The number of carbonyl (C=O) groups excluding carboxylic acids is 1. The molecule has 0 aliphatic carbocycles. The summed E-state index contributed by atoms with van der Waals surface area (Å²) >= 11 is 0. The molecule has 9 nitrogen and oxygen atoms in total. The van der Waals surface area contributed by atoms with Crippen LogP contribution < -0.4 is 20.6 Å². The van der Waals surface area contributed by atoms with Crippen LogP contribution in [0.3, 0.4) is 0 Å². The number of carbonyl (C=O) groups is 1. The Kier molecular flexibility index (Phi) is 5.75. The molecule has 3 aromatic rings. The van der Waals surface area contributed by atoms with Crippen LogP contribution in [0.15, 0.2) is 70.2 Å². The number of Topliss-reactive ketones (excluding diaryl/α,β-unsaturated/α-hetero) is 1. The van der Waals surface area contributed by atoms with Crippen LogP contribution in [0.5, 0.6) is 0 Å². The highest BCUT2D eigenvalue weighted by molar-refractivity contribution is 7.89. The highest BCUT2D eigenvalue weighted by Crippen LogP contribution is 2.20. The van der Waals surface area contributed by atoms with Crippen molar-refractivity contribution in [1.82, 2.24) is 9.58 Å². The second kappa shape index (κ2) is 8.48. The van der Waals surface area contributed by atoms with Gasteiger partial charge in [0, 0.05) is 26.1 Å². The smallest absolute Gasteiger partial charge is 0.286 e. The summed E-state index contributed by atoms with van der Waals surface area (Å²) in [6.07, 6.45) is 1.51. The fraction of sp³-hybridized carbons (Fsp3) is 0.286.